The molecule has 2 atom stereocenters. The highest BCUT2D eigenvalue weighted by molar-refractivity contribution is 6.35. The number of imidazole rings is 1. The number of rotatable bonds is 9. The zero-order valence-corrected chi connectivity index (χ0v) is 24.0. The topological polar surface area (TPSA) is 100 Å². The van der Waals surface area contributed by atoms with Gasteiger partial charge in [-0.25, -0.2) is 19.3 Å². The number of aromatic nitrogens is 4. The highest BCUT2D eigenvalue weighted by atomic mass is 35.5. The predicted octanol–water partition coefficient (Wildman–Crippen LogP) is 6.39. The Labute approximate surface area is 256 Å². The Morgan fingerprint density at radius 2 is 1.88 bits per heavy atom. The zero-order valence-electron chi connectivity index (χ0n) is 22.5. The Kier molecular flexibility index (Phi) is 8.35. The second-order valence-electron chi connectivity index (χ2n) is 9.72. The van der Waals surface area contributed by atoms with E-state index in [9.17, 15) is 9.18 Å². The number of nitrogens with one attached hydrogen (secondary N) is 1. The van der Waals surface area contributed by atoms with Gasteiger partial charge in [0.1, 0.15) is 24.3 Å². The largest absolute Gasteiger partial charge is 0.491 e. The van der Waals surface area contributed by atoms with Crippen molar-refractivity contribution in [3.8, 4) is 17.0 Å². The van der Waals surface area contributed by atoms with Crippen LogP contribution in [0.1, 0.15) is 15.9 Å². The Morgan fingerprint density at radius 3 is 2.63 bits per heavy atom. The van der Waals surface area contributed by atoms with Gasteiger partial charge in [0.25, 0.3) is 5.91 Å². The molecule has 9 nitrogen and oxygen atoms in total. The lowest BCUT2D eigenvalue weighted by Crippen LogP contribution is -2.34. The molecular weight excluding hydrogens is 596 g/mol. The molecule has 1 saturated heterocycles. The summed E-state index contributed by atoms with van der Waals surface area (Å²) in [6.07, 6.45) is 6.37. The molecule has 5 aromatic rings. The van der Waals surface area contributed by atoms with Gasteiger partial charge in [0.2, 0.25) is 11.7 Å². The first-order chi connectivity index (χ1) is 20.9. The van der Waals surface area contributed by atoms with E-state index in [2.05, 4.69) is 20.3 Å². The number of carbonyl (C=O) groups is 1. The minimum atomic E-state index is -1.14. The molecule has 2 aromatic heterocycles. The lowest BCUT2D eigenvalue weighted by Gasteiger charge is -2.30. The van der Waals surface area contributed by atoms with Crippen molar-refractivity contribution in [1.82, 2.24) is 19.5 Å². The number of amides is 1. The van der Waals surface area contributed by atoms with Crippen LogP contribution in [0.4, 0.5) is 10.3 Å². The van der Waals surface area contributed by atoms with Gasteiger partial charge in [-0.1, -0.05) is 29.3 Å². The van der Waals surface area contributed by atoms with Gasteiger partial charge in [-0.05, 0) is 66.7 Å². The van der Waals surface area contributed by atoms with Crippen LogP contribution in [0.25, 0.3) is 11.3 Å². The van der Waals surface area contributed by atoms with Crippen molar-refractivity contribution >= 4 is 35.1 Å². The highest BCUT2D eigenvalue weighted by Crippen LogP contribution is 2.40. The van der Waals surface area contributed by atoms with E-state index in [4.69, 9.17) is 37.4 Å². The van der Waals surface area contributed by atoms with Gasteiger partial charge in [-0.2, -0.15) is 0 Å². The molecular formula is C31H24Cl2FN5O4. The van der Waals surface area contributed by atoms with Crippen molar-refractivity contribution in [3.05, 3.63) is 125 Å². The van der Waals surface area contributed by atoms with Crippen LogP contribution in [0.3, 0.4) is 0 Å². The third-order valence-corrected chi connectivity index (χ3v) is 7.27. The minimum absolute atomic E-state index is 0.130. The fourth-order valence-corrected chi connectivity index (χ4v) is 5.19. The number of ether oxygens (including phenoxy) is 3. The minimum Gasteiger partial charge on any atom is -0.491 e. The van der Waals surface area contributed by atoms with Crippen LogP contribution in [0.5, 0.6) is 5.75 Å². The fourth-order valence-electron chi connectivity index (χ4n) is 4.64. The van der Waals surface area contributed by atoms with E-state index in [1.165, 1.54) is 24.3 Å². The molecule has 43 heavy (non-hydrogen) atoms. The van der Waals surface area contributed by atoms with Crippen LogP contribution < -0.4 is 10.1 Å². The number of halogens is 3. The van der Waals surface area contributed by atoms with Crippen molar-refractivity contribution in [2.75, 3.05) is 18.5 Å². The van der Waals surface area contributed by atoms with E-state index in [1.54, 1.807) is 43.0 Å². The van der Waals surface area contributed by atoms with Crippen molar-refractivity contribution < 1.29 is 23.4 Å². The summed E-state index contributed by atoms with van der Waals surface area (Å²) in [7, 11) is 0. The maximum Gasteiger partial charge on any atom is 0.258 e. The second-order valence-corrected chi connectivity index (χ2v) is 10.6. The summed E-state index contributed by atoms with van der Waals surface area (Å²) < 4.78 is 33.7. The third kappa shape index (κ3) is 6.68. The lowest BCUT2D eigenvalue weighted by atomic mass is 10.1. The summed E-state index contributed by atoms with van der Waals surface area (Å²) >= 11 is 12.7. The van der Waals surface area contributed by atoms with Crippen LogP contribution in [-0.4, -0.2) is 44.7 Å². The van der Waals surface area contributed by atoms with Gasteiger partial charge in [0.15, 0.2) is 0 Å². The molecule has 3 aromatic carbocycles. The molecule has 218 valence electrons. The molecule has 1 amide bonds. The third-order valence-electron chi connectivity index (χ3n) is 6.72. The summed E-state index contributed by atoms with van der Waals surface area (Å²) in [5.74, 6) is -1.25. The van der Waals surface area contributed by atoms with Crippen LogP contribution in [-0.2, 0) is 21.8 Å². The van der Waals surface area contributed by atoms with E-state index in [1.807, 2.05) is 35.0 Å². The van der Waals surface area contributed by atoms with Crippen LogP contribution in [0, 0.1) is 5.82 Å². The Bertz CT molecular complexity index is 1720. The second kappa shape index (κ2) is 12.5. The predicted molar refractivity (Wildman–Crippen MR) is 159 cm³/mol. The van der Waals surface area contributed by atoms with Gasteiger partial charge in [-0.15, -0.1) is 0 Å². The van der Waals surface area contributed by atoms with Crippen LogP contribution >= 0.6 is 23.2 Å². The zero-order chi connectivity index (χ0) is 29.8. The van der Waals surface area contributed by atoms with E-state index >= 15 is 0 Å². The Balaban J connectivity index is 1.10. The van der Waals surface area contributed by atoms with E-state index < -0.39 is 17.5 Å². The number of hydrogen-bond donors (Lipinski definition) is 1. The lowest BCUT2D eigenvalue weighted by molar-refractivity contribution is -0.189. The normalized spacial score (nSPS) is 18.0. The number of hydrogen-bond acceptors (Lipinski definition) is 7. The first-order valence-electron chi connectivity index (χ1n) is 13.2. The molecule has 1 N–H and O–H groups in total. The first-order valence-corrected chi connectivity index (χ1v) is 14.0. The van der Waals surface area contributed by atoms with Crippen molar-refractivity contribution in [3.63, 3.8) is 0 Å². The molecule has 1 aliphatic rings. The van der Waals surface area contributed by atoms with Gasteiger partial charge >= 0.3 is 0 Å². The average Bonchev–Trinajstić information content (AvgIpc) is 3.67. The van der Waals surface area contributed by atoms with Crippen molar-refractivity contribution in [2.24, 2.45) is 0 Å². The maximum atomic E-state index is 13.2. The average molecular weight is 620 g/mol. The molecule has 1 aliphatic heterocycles. The SMILES string of the molecule is O=C(Nc1nccc(-c2ccc(OC[C@@H]3CO[C@@](Cn4ccnc4)(c4ccc(Cl)cc4Cl)O3)cc2)n1)c1ccc(F)cc1. The van der Waals surface area contributed by atoms with E-state index in [0.717, 1.165) is 5.56 Å². The first kappa shape index (κ1) is 28.8. The quantitative estimate of drug-likeness (QED) is 0.204. The van der Waals surface area contributed by atoms with Gasteiger partial charge in [0.05, 0.1) is 30.2 Å². The summed E-state index contributed by atoms with van der Waals surface area (Å²) in [6, 6.07) is 19.5. The molecule has 0 aliphatic carbocycles. The standard InChI is InChI=1S/C31H24Cl2FN5O4/c32-22-5-10-26(27(33)15-22)31(18-39-14-13-35-19-39)42-17-25(43-31)16-41-24-8-3-20(4-9-24)28-11-12-36-30(37-28)38-29(40)21-1-6-23(34)7-2-21/h1-15,19,25H,16-18H2,(H,36,37,38,40)/t25-,31-/m1/s1. The van der Waals surface area contributed by atoms with E-state index in [0.29, 0.717) is 45.8 Å². The Morgan fingerprint density at radius 1 is 1.07 bits per heavy atom. The van der Waals surface area contributed by atoms with Gasteiger partial charge in [0, 0.05) is 40.3 Å². The smallest absolute Gasteiger partial charge is 0.258 e. The molecule has 12 heteroatoms. The van der Waals surface area contributed by atoms with Gasteiger partial charge < -0.3 is 18.8 Å². The van der Waals surface area contributed by atoms with Crippen LogP contribution in [0.15, 0.2) is 97.7 Å². The van der Waals surface area contributed by atoms with Crippen LogP contribution in [0.2, 0.25) is 10.0 Å². The highest BCUT2D eigenvalue weighted by Gasteiger charge is 2.45. The maximum absolute atomic E-state index is 13.2. The molecule has 0 bridgehead atoms. The Hall–Kier alpha value is -4.35. The number of nitrogens with zero attached hydrogens (tertiary/aromatic N) is 4. The summed E-state index contributed by atoms with van der Waals surface area (Å²) in [6.45, 7) is 0.868. The molecule has 1 fully saturated rings. The monoisotopic (exact) mass is 619 g/mol. The molecule has 6 rings (SSSR count). The van der Waals surface area contributed by atoms with E-state index in [-0.39, 0.29) is 18.7 Å². The van der Waals surface area contributed by atoms with Gasteiger partial charge in [-0.3, -0.25) is 10.1 Å². The molecule has 0 radical (unpaired) electrons. The number of carbonyl (C=O) groups excluding carboxylic acids is 1. The molecule has 0 spiro atoms. The molecule has 0 saturated carbocycles. The molecule has 3 heterocycles. The van der Waals surface area contributed by atoms with Crippen molar-refractivity contribution in [2.45, 2.75) is 18.4 Å². The summed E-state index contributed by atoms with van der Waals surface area (Å²) in [4.78, 5) is 25.1. The summed E-state index contributed by atoms with van der Waals surface area (Å²) in [5.41, 5.74) is 2.36. The molecule has 0 unspecified atom stereocenters. The van der Waals surface area contributed by atoms with Crippen molar-refractivity contribution in [1.29, 1.82) is 0 Å². The fraction of sp³-hybridized carbons (Fsp3) is 0.161. The number of benzene rings is 3. The summed E-state index contributed by atoms with van der Waals surface area (Å²) in [5, 5.41) is 3.59. The number of anilines is 1.